The Labute approximate surface area is 180 Å². The molecule has 1 aliphatic rings. The van der Waals surface area contributed by atoms with E-state index < -0.39 is 9.84 Å². The minimum atomic E-state index is -3.16. The number of aryl methyl sites for hydroxylation is 2. The van der Waals surface area contributed by atoms with Crippen LogP contribution in [-0.4, -0.2) is 23.8 Å². The molecule has 0 bridgehead atoms. The number of anilines is 1. The molecule has 31 heavy (non-hydrogen) atoms. The van der Waals surface area contributed by atoms with Gasteiger partial charge in [0.05, 0.1) is 5.75 Å². The number of para-hydroxylation sites is 1. The van der Waals surface area contributed by atoms with Crippen LogP contribution in [0.25, 0.3) is 27.7 Å². The van der Waals surface area contributed by atoms with Crippen molar-refractivity contribution in [1.29, 1.82) is 0 Å². The van der Waals surface area contributed by atoms with E-state index in [4.69, 9.17) is 0 Å². The molecule has 5 rings (SSSR count). The predicted molar refractivity (Wildman–Crippen MR) is 125 cm³/mol. The molecule has 3 heterocycles. The Morgan fingerprint density at radius 1 is 1.06 bits per heavy atom. The van der Waals surface area contributed by atoms with Gasteiger partial charge in [-0.15, -0.1) is 0 Å². The van der Waals surface area contributed by atoms with E-state index in [0.29, 0.717) is 12.1 Å². The van der Waals surface area contributed by atoms with E-state index in [-0.39, 0.29) is 11.3 Å². The molecule has 2 aromatic heterocycles. The molecule has 0 saturated heterocycles. The highest BCUT2D eigenvalue weighted by Gasteiger charge is 2.24. The van der Waals surface area contributed by atoms with Crippen molar-refractivity contribution in [3.8, 4) is 16.8 Å². The molecule has 0 unspecified atom stereocenters. The summed E-state index contributed by atoms with van der Waals surface area (Å²) in [4.78, 5) is 13.3. The zero-order valence-corrected chi connectivity index (χ0v) is 18.5. The molecule has 6 nitrogen and oxygen atoms in total. The minimum absolute atomic E-state index is 0.0216. The van der Waals surface area contributed by atoms with Gasteiger partial charge in [-0.1, -0.05) is 24.3 Å². The van der Waals surface area contributed by atoms with E-state index >= 15 is 0 Å². The van der Waals surface area contributed by atoms with E-state index in [1.807, 2.05) is 66.3 Å². The van der Waals surface area contributed by atoms with Gasteiger partial charge in [0.1, 0.15) is 5.52 Å². The number of benzene rings is 2. The molecule has 0 fully saturated rings. The molecule has 7 heteroatoms. The van der Waals surface area contributed by atoms with Crippen LogP contribution < -0.4 is 10.9 Å². The van der Waals surface area contributed by atoms with E-state index in [2.05, 4.69) is 5.32 Å². The molecule has 0 aliphatic carbocycles. The summed E-state index contributed by atoms with van der Waals surface area (Å²) in [6.45, 7) is 2.61. The lowest BCUT2D eigenvalue weighted by molar-refractivity contribution is 0.601. The van der Waals surface area contributed by atoms with Crippen LogP contribution >= 0.6 is 0 Å². The van der Waals surface area contributed by atoms with Gasteiger partial charge in [-0.05, 0) is 41.8 Å². The summed E-state index contributed by atoms with van der Waals surface area (Å²) in [5.41, 5.74) is 7.14. The smallest absolute Gasteiger partial charge is 0.275 e. The molecule has 0 saturated carbocycles. The first kappa shape index (κ1) is 19.6. The number of hydrogen-bond donors (Lipinski definition) is 1. The van der Waals surface area contributed by atoms with Crippen LogP contribution in [0, 0.1) is 6.92 Å². The van der Waals surface area contributed by atoms with Crippen LogP contribution in [0.4, 0.5) is 5.69 Å². The molecule has 2 aromatic carbocycles. The van der Waals surface area contributed by atoms with Crippen LogP contribution in [0.2, 0.25) is 0 Å². The fourth-order valence-corrected chi connectivity index (χ4v) is 5.25. The van der Waals surface area contributed by atoms with Crippen molar-refractivity contribution in [2.75, 3.05) is 11.6 Å². The highest BCUT2D eigenvalue weighted by atomic mass is 32.2. The maximum atomic E-state index is 13.3. The van der Waals surface area contributed by atoms with Crippen LogP contribution in [0.3, 0.4) is 0 Å². The van der Waals surface area contributed by atoms with Gasteiger partial charge in [-0.3, -0.25) is 4.79 Å². The highest BCUT2D eigenvalue weighted by Crippen LogP contribution is 2.40. The summed E-state index contributed by atoms with van der Waals surface area (Å²) in [7, 11) is -1.40. The summed E-state index contributed by atoms with van der Waals surface area (Å²) in [6.07, 6.45) is 5.13. The summed E-state index contributed by atoms with van der Waals surface area (Å²) < 4.78 is 27.3. The fraction of sp³-hybridized carbons (Fsp3) is 0.208. The third kappa shape index (κ3) is 3.25. The molecular weight excluding hydrogens is 410 g/mol. The molecule has 0 amide bonds. The fourth-order valence-electron chi connectivity index (χ4n) is 4.47. The van der Waals surface area contributed by atoms with Gasteiger partial charge in [0, 0.05) is 60.1 Å². The summed E-state index contributed by atoms with van der Waals surface area (Å²) in [5, 5.41) is 4.38. The van der Waals surface area contributed by atoms with Gasteiger partial charge in [0.25, 0.3) is 5.56 Å². The third-order valence-electron chi connectivity index (χ3n) is 5.85. The number of nitrogens with one attached hydrogen (secondary N) is 1. The monoisotopic (exact) mass is 433 g/mol. The Balaban J connectivity index is 1.85. The zero-order chi connectivity index (χ0) is 21.9. The van der Waals surface area contributed by atoms with Crippen LogP contribution in [0.1, 0.15) is 16.7 Å². The molecular formula is C24H23N3O3S. The van der Waals surface area contributed by atoms with E-state index in [9.17, 15) is 13.2 Å². The van der Waals surface area contributed by atoms with Crippen molar-refractivity contribution < 1.29 is 8.42 Å². The summed E-state index contributed by atoms with van der Waals surface area (Å²) in [6, 6.07) is 13.7. The lowest BCUT2D eigenvalue weighted by Crippen LogP contribution is -2.19. The Morgan fingerprint density at radius 2 is 1.84 bits per heavy atom. The van der Waals surface area contributed by atoms with Gasteiger partial charge >= 0.3 is 0 Å². The Morgan fingerprint density at radius 3 is 2.58 bits per heavy atom. The van der Waals surface area contributed by atoms with Gasteiger partial charge in [-0.25, -0.2) is 8.42 Å². The van der Waals surface area contributed by atoms with Crippen LogP contribution in [0.15, 0.2) is 59.7 Å². The van der Waals surface area contributed by atoms with Gasteiger partial charge in [0.15, 0.2) is 9.84 Å². The molecule has 0 spiro atoms. The Bertz CT molecular complexity index is 1530. The molecule has 158 valence electrons. The van der Waals surface area contributed by atoms with E-state index in [1.165, 1.54) is 6.26 Å². The van der Waals surface area contributed by atoms with Crippen molar-refractivity contribution in [1.82, 2.24) is 9.13 Å². The van der Waals surface area contributed by atoms with Crippen molar-refractivity contribution in [3.05, 3.63) is 81.9 Å². The van der Waals surface area contributed by atoms with Crippen LogP contribution in [-0.2, 0) is 29.2 Å². The molecule has 0 radical (unpaired) electrons. The average molecular weight is 434 g/mol. The second-order valence-electron chi connectivity index (χ2n) is 8.30. The Kier molecular flexibility index (Phi) is 4.34. The molecule has 1 N–H and O–H groups in total. The summed E-state index contributed by atoms with van der Waals surface area (Å²) >= 11 is 0. The lowest BCUT2D eigenvalue weighted by atomic mass is 9.99. The van der Waals surface area contributed by atoms with Crippen molar-refractivity contribution in [2.45, 2.75) is 19.2 Å². The normalized spacial score (nSPS) is 13.0. The van der Waals surface area contributed by atoms with Crippen molar-refractivity contribution in [3.63, 3.8) is 0 Å². The average Bonchev–Trinajstić information content (AvgIpc) is 3.01. The quantitative estimate of drug-likeness (QED) is 0.534. The van der Waals surface area contributed by atoms with Crippen molar-refractivity contribution >= 4 is 26.4 Å². The lowest BCUT2D eigenvalue weighted by Gasteiger charge is -2.14. The number of sulfone groups is 1. The van der Waals surface area contributed by atoms with Gasteiger partial charge < -0.3 is 14.5 Å². The van der Waals surface area contributed by atoms with Crippen LogP contribution in [0.5, 0.6) is 0 Å². The Hall–Kier alpha value is -3.32. The largest absolute Gasteiger partial charge is 0.380 e. The first-order chi connectivity index (χ1) is 14.7. The maximum absolute atomic E-state index is 13.3. The second-order valence-corrected chi connectivity index (χ2v) is 10.4. The van der Waals surface area contributed by atoms with Gasteiger partial charge in [-0.2, -0.15) is 0 Å². The number of hydrogen-bond acceptors (Lipinski definition) is 4. The predicted octanol–water partition coefficient (Wildman–Crippen LogP) is 3.77. The standard InChI is InChI=1S/C24H23N3O3S/c1-15-6-4-5-7-21(15)27-12-17-11-25-20-9-8-16(14-31(3,29)30)10-18(20)19-13-26(2)24(28)23(27)22(17)19/h4-10,12-13,25H,11,14H2,1-3H3. The SMILES string of the molecule is Cc1ccccc1-n1cc2c3c(cn(C)c(=O)c31)-c1cc(CS(C)(=O)=O)ccc1NC2. The number of nitrogens with zero attached hydrogens (tertiary/aromatic N) is 2. The van der Waals surface area contributed by atoms with E-state index in [1.54, 1.807) is 11.6 Å². The third-order valence-corrected chi connectivity index (χ3v) is 6.70. The minimum Gasteiger partial charge on any atom is -0.380 e. The number of aromatic nitrogens is 2. The number of pyridine rings is 1. The van der Waals surface area contributed by atoms with E-state index in [0.717, 1.165) is 44.6 Å². The first-order valence-corrected chi connectivity index (χ1v) is 12.1. The van der Waals surface area contributed by atoms with Crippen molar-refractivity contribution in [2.24, 2.45) is 7.05 Å². The van der Waals surface area contributed by atoms with Gasteiger partial charge in [0.2, 0.25) is 0 Å². The molecule has 0 atom stereocenters. The number of fused-ring (bicyclic) bond motifs is 2. The highest BCUT2D eigenvalue weighted by molar-refractivity contribution is 7.89. The summed E-state index contributed by atoms with van der Waals surface area (Å²) in [5.74, 6) is -0.0216. The first-order valence-electron chi connectivity index (χ1n) is 10.1. The zero-order valence-electron chi connectivity index (χ0n) is 17.6. The second kappa shape index (κ2) is 6.85. The molecule has 4 aromatic rings. The maximum Gasteiger partial charge on any atom is 0.275 e. The molecule has 1 aliphatic heterocycles. The number of rotatable bonds is 3. The topological polar surface area (TPSA) is 73.1 Å².